The first-order chi connectivity index (χ1) is 11.4. The van der Waals surface area contributed by atoms with Gasteiger partial charge in [-0.05, 0) is 40.3 Å². The van der Waals surface area contributed by atoms with Crippen molar-refractivity contribution in [3.05, 3.63) is 65.5 Å². The molecule has 0 unspecified atom stereocenters. The first kappa shape index (κ1) is 14.8. The average Bonchev–Trinajstić information content (AvgIpc) is 2.86. The number of benzene rings is 2. The van der Waals surface area contributed by atoms with E-state index < -0.39 is 15.8 Å². The SMILES string of the molecule is O=C(O)c1ccc2cncc(-c3ccc4c(c3)CS(=O)(=O)C4)c2c1. The number of carbonyl (C=O) groups is 1. The summed E-state index contributed by atoms with van der Waals surface area (Å²) >= 11 is 0. The van der Waals surface area contributed by atoms with Crippen LogP contribution in [-0.2, 0) is 21.3 Å². The normalized spacial score (nSPS) is 15.3. The Morgan fingerprint density at radius 2 is 1.79 bits per heavy atom. The van der Waals surface area contributed by atoms with Gasteiger partial charge in [-0.25, -0.2) is 13.2 Å². The highest BCUT2D eigenvalue weighted by Gasteiger charge is 2.24. The molecule has 3 aromatic rings. The number of aromatic carboxylic acids is 1. The molecule has 0 amide bonds. The zero-order chi connectivity index (χ0) is 16.9. The van der Waals surface area contributed by atoms with Crippen molar-refractivity contribution in [1.82, 2.24) is 4.98 Å². The molecule has 1 aliphatic rings. The first-order valence-electron chi connectivity index (χ1n) is 7.37. The first-order valence-corrected chi connectivity index (χ1v) is 9.19. The standard InChI is InChI=1S/C18H13NO4S/c20-18(21)12-2-3-13-7-19-8-17(16(13)6-12)11-1-4-14-9-24(22,23)10-15(14)5-11/h1-8H,9-10H2,(H,20,21). The summed E-state index contributed by atoms with van der Waals surface area (Å²) in [4.78, 5) is 15.5. The highest BCUT2D eigenvalue weighted by molar-refractivity contribution is 7.90. The van der Waals surface area contributed by atoms with Gasteiger partial charge in [0.25, 0.3) is 0 Å². The lowest BCUT2D eigenvalue weighted by atomic mass is 9.97. The molecule has 6 heteroatoms. The zero-order valence-electron chi connectivity index (χ0n) is 12.6. The second-order valence-electron chi connectivity index (χ2n) is 5.94. The monoisotopic (exact) mass is 339 g/mol. The molecule has 0 saturated carbocycles. The summed E-state index contributed by atoms with van der Waals surface area (Å²) in [6.45, 7) is 0. The minimum Gasteiger partial charge on any atom is -0.478 e. The van der Waals surface area contributed by atoms with Crippen molar-refractivity contribution >= 4 is 26.6 Å². The molecular weight excluding hydrogens is 326 g/mol. The molecule has 0 aliphatic carbocycles. The van der Waals surface area contributed by atoms with Gasteiger partial charge in [-0.3, -0.25) is 4.98 Å². The number of carboxylic acids is 1. The van der Waals surface area contributed by atoms with Gasteiger partial charge in [0.1, 0.15) is 0 Å². The van der Waals surface area contributed by atoms with Crippen molar-refractivity contribution in [3.63, 3.8) is 0 Å². The van der Waals surface area contributed by atoms with E-state index in [0.29, 0.717) is 0 Å². The zero-order valence-corrected chi connectivity index (χ0v) is 13.4. The highest BCUT2D eigenvalue weighted by atomic mass is 32.2. The van der Waals surface area contributed by atoms with Crippen LogP contribution in [0.25, 0.3) is 21.9 Å². The Labute approximate surface area is 138 Å². The van der Waals surface area contributed by atoms with Gasteiger partial charge in [0, 0.05) is 23.3 Å². The van der Waals surface area contributed by atoms with E-state index in [0.717, 1.165) is 33.0 Å². The van der Waals surface area contributed by atoms with Gasteiger partial charge in [-0.15, -0.1) is 0 Å². The van der Waals surface area contributed by atoms with E-state index in [1.165, 1.54) is 0 Å². The lowest BCUT2D eigenvalue weighted by Gasteiger charge is -2.09. The molecule has 1 aliphatic heterocycles. The number of rotatable bonds is 2. The Bertz CT molecular complexity index is 1100. The summed E-state index contributed by atoms with van der Waals surface area (Å²) in [6, 6.07) is 10.5. The van der Waals surface area contributed by atoms with Gasteiger partial charge in [-0.2, -0.15) is 0 Å². The van der Waals surface area contributed by atoms with E-state index in [1.807, 2.05) is 18.2 Å². The van der Waals surface area contributed by atoms with Crippen LogP contribution < -0.4 is 0 Å². The Morgan fingerprint density at radius 3 is 2.58 bits per heavy atom. The van der Waals surface area contributed by atoms with Crippen molar-refractivity contribution in [1.29, 1.82) is 0 Å². The number of pyridine rings is 1. The Hall–Kier alpha value is -2.73. The number of nitrogens with zero attached hydrogens (tertiary/aromatic N) is 1. The molecule has 24 heavy (non-hydrogen) atoms. The molecule has 0 radical (unpaired) electrons. The topological polar surface area (TPSA) is 84.3 Å². The molecule has 0 bridgehead atoms. The van der Waals surface area contributed by atoms with Crippen molar-refractivity contribution < 1.29 is 18.3 Å². The van der Waals surface area contributed by atoms with Crippen LogP contribution >= 0.6 is 0 Å². The molecule has 2 heterocycles. The predicted octanol–water partition coefficient (Wildman–Crippen LogP) is 3.03. The van der Waals surface area contributed by atoms with Crippen LogP contribution in [0, 0.1) is 0 Å². The van der Waals surface area contributed by atoms with E-state index in [-0.39, 0.29) is 17.1 Å². The maximum atomic E-state index is 11.8. The van der Waals surface area contributed by atoms with E-state index >= 15 is 0 Å². The third kappa shape index (κ3) is 2.45. The van der Waals surface area contributed by atoms with Crippen molar-refractivity contribution in [3.8, 4) is 11.1 Å². The summed E-state index contributed by atoms with van der Waals surface area (Å²) in [5, 5.41) is 10.8. The second-order valence-corrected chi connectivity index (χ2v) is 8.01. The molecule has 0 fully saturated rings. The molecule has 0 spiro atoms. The fraction of sp³-hybridized carbons (Fsp3) is 0.111. The fourth-order valence-corrected chi connectivity index (χ4v) is 4.72. The molecule has 1 N–H and O–H groups in total. The number of sulfone groups is 1. The number of aromatic nitrogens is 1. The van der Waals surface area contributed by atoms with E-state index in [9.17, 15) is 18.3 Å². The summed E-state index contributed by atoms with van der Waals surface area (Å²) in [5.41, 5.74) is 3.48. The van der Waals surface area contributed by atoms with Gasteiger partial charge in [0.2, 0.25) is 0 Å². The average molecular weight is 339 g/mol. The van der Waals surface area contributed by atoms with Crippen LogP contribution in [0.15, 0.2) is 48.8 Å². The third-order valence-electron chi connectivity index (χ3n) is 4.28. The van der Waals surface area contributed by atoms with Gasteiger partial charge in [0.15, 0.2) is 9.84 Å². The minimum absolute atomic E-state index is 0.0503. The second kappa shape index (κ2) is 5.14. The Morgan fingerprint density at radius 1 is 1.00 bits per heavy atom. The number of hydrogen-bond donors (Lipinski definition) is 1. The van der Waals surface area contributed by atoms with Gasteiger partial charge in [0.05, 0.1) is 17.1 Å². The summed E-state index contributed by atoms with van der Waals surface area (Å²) in [5.74, 6) is -0.853. The van der Waals surface area contributed by atoms with Crippen molar-refractivity contribution in [2.75, 3.05) is 0 Å². The molecular formula is C18H13NO4S. The number of fused-ring (bicyclic) bond motifs is 2. The lowest BCUT2D eigenvalue weighted by Crippen LogP contribution is -1.96. The quantitative estimate of drug-likeness (QED) is 0.776. The van der Waals surface area contributed by atoms with Crippen LogP contribution in [0.4, 0.5) is 0 Å². The smallest absolute Gasteiger partial charge is 0.335 e. The number of carboxylic acid groups (broad SMARTS) is 1. The van der Waals surface area contributed by atoms with Crippen LogP contribution in [0.1, 0.15) is 21.5 Å². The van der Waals surface area contributed by atoms with Crippen LogP contribution in [-0.4, -0.2) is 24.5 Å². The molecule has 2 aromatic carbocycles. The van der Waals surface area contributed by atoms with Gasteiger partial charge < -0.3 is 5.11 Å². The summed E-state index contributed by atoms with van der Waals surface area (Å²) < 4.78 is 23.6. The van der Waals surface area contributed by atoms with E-state index in [1.54, 1.807) is 30.6 Å². The molecule has 1 aromatic heterocycles. The van der Waals surface area contributed by atoms with Crippen molar-refractivity contribution in [2.24, 2.45) is 0 Å². The van der Waals surface area contributed by atoms with Crippen LogP contribution in [0.3, 0.4) is 0 Å². The largest absolute Gasteiger partial charge is 0.478 e. The highest BCUT2D eigenvalue weighted by Crippen LogP contribution is 2.33. The maximum absolute atomic E-state index is 11.8. The van der Waals surface area contributed by atoms with E-state index in [4.69, 9.17) is 0 Å². The Kier molecular flexibility index (Phi) is 3.18. The Balaban J connectivity index is 1.91. The van der Waals surface area contributed by atoms with Crippen LogP contribution in [0.2, 0.25) is 0 Å². The molecule has 4 rings (SSSR count). The number of hydrogen-bond acceptors (Lipinski definition) is 4. The third-order valence-corrected chi connectivity index (χ3v) is 5.78. The fourth-order valence-electron chi connectivity index (χ4n) is 3.12. The molecule has 120 valence electrons. The molecule has 0 atom stereocenters. The predicted molar refractivity (Wildman–Crippen MR) is 90.5 cm³/mol. The summed E-state index contributed by atoms with van der Waals surface area (Å²) in [7, 11) is -3.06. The van der Waals surface area contributed by atoms with Gasteiger partial charge in [-0.1, -0.05) is 18.2 Å². The summed E-state index contributed by atoms with van der Waals surface area (Å²) in [6.07, 6.45) is 3.36. The van der Waals surface area contributed by atoms with Gasteiger partial charge >= 0.3 is 5.97 Å². The molecule has 0 saturated heterocycles. The molecule has 5 nitrogen and oxygen atoms in total. The minimum atomic E-state index is -3.06. The lowest BCUT2D eigenvalue weighted by molar-refractivity contribution is 0.0697. The van der Waals surface area contributed by atoms with Crippen molar-refractivity contribution in [2.45, 2.75) is 11.5 Å². The van der Waals surface area contributed by atoms with Crippen LogP contribution in [0.5, 0.6) is 0 Å². The van der Waals surface area contributed by atoms with E-state index in [2.05, 4.69) is 4.98 Å². The maximum Gasteiger partial charge on any atom is 0.335 e.